The van der Waals surface area contributed by atoms with Crippen molar-refractivity contribution < 1.29 is 42.4 Å². The van der Waals surface area contributed by atoms with Gasteiger partial charge in [-0.1, -0.05) is 63.9 Å². The Balaban J connectivity index is 0.915. The second-order valence-corrected chi connectivity index (χ2v) is 17.2. The van der Waals surface area contributed by atoms with Crippen LogP contribution in [0, 0.1) is 17.7 Å². The van der Waals surface area contributed by atoms with Gasteiger partial charge < -0.3 is 29.9 Å². The third kappa shape index (κ3) is 7.13. The summed E-state index contributed by atoms with van der Waals surface area (Å²) in [5.74, 6) is -6.62. The molecule has 2 saturated heterocycles. The Morgan fingerprint density at radius 2 is 1.33 bits per heavy atom. The molecule has 0 spiro atoms. The molecule has 2 aromatic carbocycles. The summed E-state index contributed by atoms with van der Waals surface area (Å²) in [6.45, 7) is -4.19. The smallest absolute Gasteiger partial charge is 0.407 e. The van der Waals surface area contributed by atoms with Crippen molar-refractivity contribution in [1.29, 1.82) is 0 Å². The second kappa shape index (κ2) is 16.0. The van der Waals surface area contributed by atoms with Crippen LogP contribution in [0.25, 0.3) is 22.3 Å². The first-order valence-electron chi connectivity index (χ1n) is 25.9. The molecular weight excluding hydrogens is 757 g/mol. The Morgan fingerprint density at radius 3 is 2.00 bits per heavy atom. The molecule has 60 heavy (non-hydrogen) atoms. The number of carbonyl (C=O) groups is 4. The van der Waals surface area contributed by atoms with Gasteiger partial charge in [0.15, 0.2) is 0 Å². The van der Waals surface area contributed by atoms with Crippen LogP contribution in [0.3, 0.4) is 0 Å². The minimum Gasteiger partial charge on any atom is -0.453 e. The van der Waals surface area contributed by atoms with Gasteiger partial charge in [0.2, 0.25) is 11.8 Å². The summed E-state index contributed by atoms with van der Waals surface area (Å²) in [5.41, 5.74) is 10.2. The van der Waals surface area contributed by atoms with E-state index in [9.17, 15) is 19.2 Å². The van der Waals surface area contributed by atoms with Crippen LogP contribution >= 0.6 is 0 Å². The Bertz CT molecular complexity index is 2650. The van der Waals surface area contributed by atoms with Crippen LogP contribution in [0.15, 0.2) is 58.8 Å². The number of hydrogen-bond donors (Lipinski definition) is 2. The number of fused-ring (bicyclic) bond motifs is 6. The zero-order valence-corrected chi connectivity index (χ0v) is 34.4. The molecule has 2 saturated carbocycles. The number of nitrogens with zero attached hydrogens (tertiary/aromatic N) is 4. The van der Waals surface area contributed by atoms with E-state index in [1.807, 2.05) is 23.6 Å². The van der Waals surface area contributed by atoms with Gasteiger partial charge in [-0.05, 0) is 119 Å². The van der Waals surface area contributed by atoms with E-state index in [1.54, 1.807) is 11.1 Å². The average molecular weight is 825 g/mol. The van der Waals surface area contributed by atoms with Gasteiger partial charge >= 0.3 is 12.2 Å². The fourth-order valence-electron chi connectivity index (χ4n) is 10.7. The maximum Gasteiger partial charge on any atom is 0.407 e. The Labute approximate surface area is 367 Å². The van der Waals surface area contributed by atoms with Gasteiger partial charge in [0, 0.05) is 60.2 Å². The number of rotatable bonds is 11. The van der Waals surface area contributed by atoms with Crippen molar-refractivity contribution in [3.05, 3.63) is 71.1 Å². The van der Waals surface area contributed by atoms with Crippen molar-refractivity contribution in [3.8, 4) is 11.1 Å². The number of aliphatic imine (C=N–C) groups is 2. The van der Waals surface area contributed by atoms with E-state index in [0.717, 1.165) is 72.6 Å². The van der Waals surface area contributed by atoms with Gasteiger partial charge in [-0.3, -0.25) is 19.6 Å². The molecule has 4 unspecified atom stereocenters. The second-order valence-electron chi connectivity index (χ2n) is 17.2. The Hall–Kier alpha value is -5.26. The molecule has 316 valence electrons. The molecule has 12 heteroatoms. The van der Waals surface area contributed by atoms with Crippen LogP contribution in [0.2, 0.25) is 0 Å². The van der Waals surface area contributed by atoms with Crippen LogP contribution in [0.4, 0.5) is 9.59 Å². The summed E-state index contributed by atoms with van der Waals surface area (Å²) in [6.07, 6.45) is 7.67. The van der Waals surface area contributed by atoms with Crippen LogP contribution < -0.4 is 10.6 Å². The van der Waals surface area contributed by atoms with Crippen molar-refractivity contribution >= 4 is 46.6 Å². The number of alkyl carbamates (subject to hydrolysis) is 2. The van der Waals surface area contributed by atoms with E-state index in [2.05, 4.69) is 34.3 Å². The summed E-state index contributed by atoms with van der Waals surface area (Å²) in [7, 11) is 2.08. The normalized spacial score (nSPS) is 31.2. The van der Waals surface area contributed by atoms with Crippen LogP contribution in [0.5, 0.6) is 0 Å². The minimum absolute atomic E-state index is 0.00478. The predicted molar refractivity (Wildman–Crippen MR) is 231 cm³/mol. The molecule has 2 aromatic rings. The van der Waals surface area contributed by atoms with E-state index in [1.165, 1.54) is 29.9 Å². The molecule has 2 bridgehead atoms. The lowest BCUT2D eigenvalue weighted by molar-refractivity contribution is -0.135. The highest BCUT2D eigenvalue weighted by Gasteiger charge is 2.56. The molecule has 2 N–H and O–H groups in total. The van der Waals surface area contributed by atoms with E-state index < -0.39 is 73.6 Å². The molecule has 4 amide bonds. The summed E-state index contributed by atoms with van der Waals surface area (Å²) in [6, 6.07) is 5.26. The monoisotopic (exact) mass is 825 g/mol. The fourth-order valence-corrected chi connectivity index (χ4v) is 10.7. The van der Waals surface area contributed by atoms with Crippen LogP contribution in [-0.4, -0.2) is 96.1 Å². The van der Waals surface area contributed by atoms with Gasteiger partial charge in [-0.2, -0.15) is 0 Å². The molecule has 8 atom stereocenters. The van der Waals surface area contributed by atoms with Crippen LogP contribution in [-0.2, 0) is 19.1 Å². The van der Waals surface area contributed by atoms with Crippen LogP contribution in [0.1, 0.15) is 133 Å². The minimum atomic E-state index is -3.77. The quantitative estimate of drug-likeness (QED) is 0.237. The number of hydrogen-bond acceptors (Lipinski definition) is 8. The van der Waals surface area contributed by atoms with Gasteiger partial charge in [0.1, 0.15) is 12.0 Å². The fraction of sp³-hybridized carbons (Fsp3) is 0.542. The van der Waals surface area contributed by atoms with Gasteiger partial charge in [-0.25, -0.2) is 9.59 Å². The molecule has 4 heterocycles. The van der Waals surface area contributed by atoms with E-state index in [-0.39, 0.29) is 12.0 Å². The van der Waals surface area contributed by atoms with Gasteiger partial charge in [0.05, 0.1) is 29.0 Å². The van der Waals surface area contributed by atoms with E-state index >= 15 is 0 Å². The molecule has 4 fully saturated rings. The number of benzene rings is 2. The number of ether oxygens (including phenoxy) is 2. The topological polar surface area (TPSA) is 142 Å². The summed E-state index contributed by atoms with van der Waals surface area (Å²) >= 11 is 0. The molecule has 0 aromatic heterocycles. The number of nitrogens with one attached hydrogen (secondary N) is 2. The van der Waals surface area contributed by atoms with Crippen molar-refractivity contribution in [2.45, 2.75) is 127 Å². The van der Waals surface area contributed by atoms with Crippen molar-refractivity contribution in [3.63, 3.8) is 0 Å². The molecular formula is C48H58N6O6. The lowest BCUT2D eigenvalue weighted by Gasteiger charge is -2.33. The summed E-state index contributed by atoms with van der Waals surface area (Å²) < 4.78 is 93.4. The first-order chi connectivity index (χ1) is 32.8. The predicted octanol–water partition coefficient (Wildman–Crippen LogP) is 7.83. The first-order valence-corrected chi connectivity index (χ1v) is 20.9. The Morgan fingerprint density at radius 1 is 0.733 bits per heavy atom. The zero-order chi connectivity index (χ0) is 50.7. The van der Waals surface area contributed by atoms with Crippen molar-refractivity contribution in [2.75, 3.05) is 20.8 Å². The Kier molecular flexibility index (Phi) is 7.95. The molecule has 3 aliphatic carbocycles. The number of allylic oxidation sites excluding steroid dienone is 2. The number of carbonyl (C=O) groups excluding carboxylic acids is 4. The van der Waals surface area contributed by atoms with Crippen molar-refractivity contribution in [1.82, 2.24) is 20.4 Å². The standard InChI is InChI=1S/C48H58N6O6/c1-25(2)43(51-47(57)59-5)45(55)53-17-7-8-38(53)36-20-33(24-50-36)35-16-15-34(41-29-13-14-30(18-29)42(35)41)28-11-9-27(10-12-28)32-19-37(49-23-32)40-22-31-21-39(31)54(40)46(56)44(26(3)4)52-48(58)60-6/h9-12,15-16,23-26,29-31,38-40,43-44H,7-8,13-14,17-22H2,1-6H3,(H,51,57)(H,52,58)/t29?,30?,31?,38-,39?,40-,43+,44-/m0/s1/i3D3,4D3,25D,26D,43D,44D. The third-order valence-corrected chi connectivity index (χ3v) is 13.6. The largest absolute Gasteiger partial charge is 0.453 e. The molecule has 4 aliphatic heterocycles. The summed E-state index contributed by atoms with van der Waals surface area (Å²) in [4.78, 5) is 65.8. The molecule has 9 rings (SSSR count). The maximum atomic E-state index is 14.5. The maximum absolute atomic E-state index is 14.5. The van der Waals surface area contributed by atoms with E-state index in [0.29, 0.717) is 62.6 Å². The lowest BCUT2D eigenvalue weighted by Crippen LogP contribution is -2.54. The third-order valence-electron chi connectivity index (χ3n) is 13.6. The number of amides is 4. The SMILES string of the molecule is [2H]C([2H])([2H])C([2H])(C([2H])([2H])[2H])[C@]([2H])(NC(=O)OC)C(=O)N1C2CC2C[C@H]1C1=NC=C(c2ccc(-c3ccc(C4=CN=C([C@@H]5CCCN5C(=O)[C@]([2H])(NC(=O)OC)C([2H])(C)C)C4)c4c3C3CCC4C3)cc2)C1. The number of likely N-dealkylation sites (tertiary alicyclic amines) is 2. The number of piperidine rings is 1. The molecule has 7 aliphatic rings. The van der Waals surface area contributed by atoms with E-state index in [4.69, 9.17) is 28.4 Å². The first kappa shape index (κ1) is 29.9. The lowest BCUT2D eigenvalue weighted by atomic mass is 9.80. The van der Waals surface area contributed by atoms with Crippen molar-refractivity contribution in [2.24, 2.45) is 27.7 Å². The highest BCUT2D eigenvalue weighted by molar-refractivity contribution is 6.05. The summed E-state index contributed by atoms with van der Waals surface area (Å²) in [5, 5.41) is 4.19. The van der Waals surface area contributed by atoms with Gasteiger partial charge in [-0.15, -0.1) is 0 Å². The number of methoxy groups -OCH3 is 2. The molecule has 12 nitrogen and oxygen atoms in total. The highest BCUT2D eigenvalue weighted by atomic mass is 16.5. The zero-order valence-electron chi connectivity index (χ0n) is 44.4. The average Bonchev–Trinajstić information content (AvgIpc) is 4.07. The highest BCUT2D eigenvalue weighted by Crippen LogP contribution is 2.58. The molecule has 0 radical (unpaired) electrons. The van der Waals surface area contributed by atoms with Gasteiger partial charge in [0.25, 0.3) is 0 Å².